The zero-order valence-electron chi connectivity index (χ0n) is 15.6. The van der Waals surface area contributed by atoms with Crippen LogP contribution >= 0.6 is 0 Å². The van der Waals surface area contributed by atoms with Crippen molar-refractivity contribution in [2.45, 2.75) is 65.7 Å². The smallest absolute Gasteiger partial charge is 0.0107 e. The van der Waals surface area contributed by atoms with Crippen LogP contribution in [-0.4, -0.2) is 62.2 Å². The van der Waals surface area contributed by atoms with Crippen molar-refractivity contribution in [3.05, 3.63) is 0 Å². The van der Waals surface area contributed by atoms with Gasteiger partial charge in [-0.05, 0) is 64.2 Å². The standard InChI is InChI=1S/C16H33N3.C3H8/c1-2-3-10-18-12-6-16(7-13-18)5-4-11-19-14-8-17-9-15-19;1-3-2/h16-17H,2-15H2,1H3;3H2,1-2H3. The molecule has 132 valence electrons. The van der Waals surface area contributed by atoms with Gasteiger partial charge in [0.1, 0.15) is 0 Å². The average Bonchev–Trinajstić information content (AvgIpc) is 2.56. The average molecular weight is 312 g/mol. The van der Waals surface area contributed by atoms with Crippen LogP contribution in [0.5, 0.6) is 0 Å². The lowest BCUT2D eigenvalue weighted by Gasteiger charge is -2.32. The Balaban J connectivity index is 0.000000745. The highest BCUT2D eigenvalue weighted by atomic mass is 15.2. The first-order valence-electron chi connectivity index (χ1n) is 9.95. The van der Waals surface area contributed by atoms with Crippen LogP contribution in [0.2, 0.25) is 0 Å². The summed E-state index contributed by atoms with van der Waals surface area (Å²) in [6, 6.07) is 0. The minimum Gasteiger partial charge on any atom is -0.314 e. The van der Waals surface area contributed by atoms with E-state index in [-0.39, 0.29) is 0 Å². The molecule has 0 saturated carbocycles. The number of unbranched alkanes of at least 4 members (excludes halogenated alkanes) is 1. The van der Waals surface area contributed by atoms with E-state index in [0.29, 0.717) is 0 Å². The van der Waals surface area contributed by atoms with Gasteiger partial charge in [-0.3, -0.25) is 0 Å². The van der Waals surface area contributed by atoms with E-state index in [1.54, 1.807) is 0 Å². The van der Waals surface area contributed by atoms with Crippen LogP contribution in [0.1, 0.15) is 65.7 Å². The van der Waals surface area contributed by atoms with Gasteiger partial charge >= 0.3 is 0 Å². The van der Waals surface area contributed by atoms with Gasteiger partial charge in [0, 0.05) is 26.2 Å². The molecule has 0 radical (unpaired) electrons. The summed E-state index contributed by atoms with van der Waals surface area (Å²) in [5.74, 6) is 1.01. The molecule has 3 heteroatoms. The summed E-state index contributed by atoms with van der Waals surface area (Å²) in [6.07, 6.45) is 9.75. The van der Waals surface area contributed by atoms with E-state index in [4.69, 9.17) is 0 Å². The third kappa shape index (κ3) is 9.12. The number of piperidine rings is 1. The SMILES string of the molecule is CCC.CCCCN1CCC(CCCN2CCNCC2)CC1. The number of piperazine rings is 1. The lowest BCUT2D eigenvalue weighted by atomic mass is 9.92. The number of rotatable bonds is 7. The van der Waals surface area contributed by atoms with Crippen molar-refractivity contribution >= 4 is 0 Å². The van der Waals surface area contributed by atoms with Gasteiger partial charge in [-0.2, -0.15) is 0 Å². The van der Waals surface area contributed by atoms with Crippen LogP contribution in [0.3, 0.4) is 0 Å². The van der Waals surface area contributed by atoms with E-state index >= 15 is 0 Å². The molecular formula is C19H41N3. The molecular weight excluding hydrogens is 270 g/mol. The molecule has 0 aromatic carbocycles. The van der Waals surface area contributed by atoms with Crippen molar-refractivity contribution in [2.75, 3.05) is 52.4 Å². The molecule has 2 fully saturated rings. The molecule has 2 aliphatic heterocycles. The second kappa shape index (κ2) is 13.3. The first-order chi connectivity index (χ1) is 10.8. The third-order valence-electron chi connectivity index (χ3n) is 4.83. The maximum absolute atomic E-state index is 3.43. The summed E-state index contributed by atoms with van der Waals surface area (Å²) >= 11 is 0. The molecule has 0 atom stereocenters. The van der Waals surface area contributed by atoms with Gasteiger partial charge in [0.15, 0.2) is 0 Å². The predicted molar refractivity (Wildman–Crippen MR) is 98.6 cm³/mol. The van der Waals surface area contributed by atoms with Crippen molar-refractivity contribution in [3.63, 3.8) is 0 Å². The Hall–Kier alpha value is -0.120. The number of nitrogens with one attached hydrogen (secondary N) is 1. The Labute approximate surface area is 139 Å². The van der Waals surface area contributed by atoms with Crippen molar-refractivity contribution in [3.8, 4) is 0 Å². The molecule has 2 aliphatic rings. The lowest BCUT2D eigenvalue weighted by molar-refractivity contribution is 0.168. The zero-order chi connectivity index (χ0) is 16.0. The second-order valence-corrected chi connectivity index (χ2v) is 7.08. The molecule has 0 amide bonds. The molecule has 2 rings (SSSR count). The number of nitrogens with zero attached hydrogens (tertiary/aromatic N) is 2. The van der Waals surface area contributed by atoms with Crippen LogP contribution in [-0.2, 0) is 0 Å². The monoisotopic (exact) mass is 311 g/mol. The summed E-state index contributed by atoms with van der Waals surface area (Å²) < 4.78 is 0. The maximum atomic E-state index is 3.43. The van der Waals surface area contributed by atoms with Gasteiger partial charge < -0.3 is 15.1 Å². The molecule has 3 nitrogen and oxygen atoms in total. The number of likely N-dealkylation sites (tertiary alicyclic amines) is 1. The van der Waals surface area contributed by atoms with Crippen LogP contribution in [0.15, 0.2) is 0 Å². The van der Waals surface area contributed by atoms with Gasteiger partial charge in [0.25, 0.3) is 0 Å². The third-order valence-corrected chi connectivity index (χ3v) is 4.83. The number of hydrogen-bond acceptors (Lipinski definition) is 3. The number of hydrogen-bond donors (Lipinski definition) is 1. The molecule has 0 bridgehead atoms. The van der Waals surface area contributed by atoms with Crippen molar-refractivity contribution < 1.29 is 0 Å². The van der Waals surface area contributed by atoms with Crippen molar-refractivity contribution in [1.29, 1.82) is 0 Å². The van der Waals surface area contributed by atoms with E-state index in [1.807, 2.05) is 0 Å². The molecule has 0 unspecified atom stereocenters. The summed E-state index contributed by atoms with van der Waals surface area (Å²) in [6.45, 7) is 16.8. The van der Waals surface area contributed by atoms with Gasteiger partial charge in [-0.1, -0.05) is 33.6 Å². The first kappa shape index (κ1) is 19.9. The van der Waals surface area contributed by atoms with Crippen LogP contribution in [0.25, 0.3) is 0 Å². The Morgan fingerprint density at radius 2 is 1.36 bits per heavy atom. The Bertz CT molecular complexity index is 231. The fourth-order valence-corrected chi connectivity index (χ4v) is 3.42. The Morgan fingerprint density at radius 1 is 0.818 bits per heavy atom. The van der Waals surface area contributed by atoms with Crippen molar-refractivity contribution in [2.24, 2.45) is 5.92 Å². The maximum Gasteiger partial charge on any atom is 0.0107 e. The van der Waals surface area contributed by atoms with Gasteiger partial charge in [0.05, 0.1) is 0 Å². The van der Waals surface area contributed by atoms with Gasteiger partial charge in [0.2, 0.25) is 0 Å². The molecule has 2 saturated heterocycles. The fraction of sp³-hybridized carbons (Fsp3) is 1.00. The molecule has 1 N–H and O–H groups in total. The summed E-state index contributed by atoms with van der Waals surface area (Å²) in [5.41, 5.74) is 0. The zero-order valence-corrected chi connectivity index (χ0v) is 15.6. The minimum atomic E-state index is 1.01. The van der Waals surface area contributed by atoms with Crippen LogP contribution < -0.4 is 5.32 Å². The highest BCUT2D eigenvalue weighted by molar-refractivity contribution is 4.73. The summed E-state index contributed by atoms with van der Waals surface area (Å²) in [4.78, 5) is 5.31. The van der Waals surface area contributed by atoms with Crippen molar-refractivity contribution in [1.82, 2.24) is 15.1 Å². The summed E-state index contributed by atoms with van der Waals surface area (Å²) in [5, 5.41) is 3.43. The van der Waals surface area contributed by atoms with Crippen LogP contribution in [0, 0.1) is 5.92 Å². The predicted octanol–water partition coefficient (Wildman–Crippen LogP) is 3.60. The lowest BCUT2D eigenvalue weighted by Crippen LogP contribution is -2.43. The Kier molecular flexibility index (Phi) is 12.1. The van der Waals surface area contributed by atoms with E-state index in [1.165, 1.54) is 97.3 Å². The van der Waals surface area contributed by atoms with E-state index in [0.717, 1.165) is 5.92 Å². The molecule has 0 aliphatic carbocycles. The highest BCUT2D eigenvalue weighted by Crippen LogP contribution is 2.22. The normalized spacial score (nSPS) is 21.4. The van der Waals surface area contributed by atoms with E-state index in [2.05, 4.69) is 35.9 Å². The molecule has 0 aromatic heterocycles. The van der Waals surface area contributed by atoms with Gasteiger partial charge in [-0.25, -0.2) is 0 Å². The fourth-order valence-electron chi connectivity index (χ4n) is 3.42. The van der Waals surface area contributed by atoms with Gasteiger partial charge in [-0.15, -0.1) is 0 Å². The Morgan fingerprint density at radius 3 is 1.95 bits per heavy atom. The topological polar surface area (TPSA) is 18.5 Å². The van der Waals surface area contributed by atoms with E-state index in [9.17, 15) is 0 Å². The largest absolute Gasteiger partial charge is 0.314 e. The minimum absolute atomic E-state index is 1.01. The first-order valence-corrected chi connectivity index (χ1v) is 9.95. The quantitative estimate of drug-likeness (QED) is 0.775. The molecule has 0 spiro atoms. The van der Waals surface area contributed by atoms with Crippen LogP contribution in [0.4, 0.5) is 0 Å². The second-order valence-electron chi connectivity index (χ2n) is 7.08. The highest BCUT2D eigenvalue weighted by Gasteiger charge is 2.18. The molecule has 0 aromatic rings. The van der Waals surface area contributed by atoms with E-state index < -0.39 is 0 Å². The summed E-state index contributed by atoms with van der Waals surface area (Å²) in [7, 11) is 0. The molecule has 2 heterocycles. The molecule has 22 heavy (non-hydrogen) atoms.